The number of hydrogen-bond acceptors (Lipinski definition) is 3. The average molecular weight is 347 g/mol. The second-order valence-corrected chi connectivity index (χ2v) is 6.18. The van der Waals surface area contributed by atoms with Crippen LogP contribution in [0.2, 0.25) is 0 Å². The molecule has 4 heterocycles. The molecule has 1 atom stereocenters. The second kappa shape index (κ2) is 5.27. The number of halogens is 1. The number of rotatable bonds is 2. The fourth-order valence-corrected chi connectivity index (χ4v) is 3.22. The Morgan fingerprint density at radius 3 is 3.05 bits per heavy atom. The van der Waals surface area contributed by atoms with Crippen molar-refractivity contribution < 1.29 is 4.74 Å². The van der Waals surface area contributed by atoms with Gasteiger partial charge >= 0.3 is 0 Å². The van der Waals surface area contributed by atoms with Crippen molar-refractivity contribution in [1.29, 1.82) is 0 Å². The minimum atomic E-state index is 0.0700. The van der Waals surface area contributed by atoms with Crippen LogP contribution in [0.1, 0.15) is 25.5 Å². The van der Waals surface area contributed by atoms with Crippen LogP contribution in [0.4, 0.5) is 0 Å². The average Bonchev–Trinajstić information content (AvgIpc) is 3.16. The van der Waals surface area contributed by atoms with Gasteiger partial charge in [-0.15, -0.1) is 0 Å². The summed E-state index contributed by atoms with van der Waals surface area (Å²) in [6.07, 6.45) is 11.2. The fraction of sp³-hybridized carbons (Fsp3) is 0.333. The van der Waals surface area contributed by atoms with Crippen LogP contribution < -0.4 is 0 Å². The molecular weight excluding hydrogens is 332 g/mol. The lowest BCUT2D eigenvalue weighted by molar-refractivity contribution is -0.0394. The predicted molar refractivity (Wildman–Crippen MR) is 83.0 cm³/mol. The lowest BCUT2D eigenvalue weighted by Gasteiger charge is -2.22. The Hall–Kier alpha value is -1.66. The molecule has 0 aliphatic carbocycles. The summed E-state index contributed by atoms with van der Waals surface area (Å²) >= 11 is 3.54. The smallest absolute Gasteiger partial charge is 0.150 e. The van der Waals surface area contributed by atoms with E-state index in [4.69, 9.17) is 4.74 Å². The van der Waals surface area contributed by atoms with Crippen molar-refractivity contribution in [3.63, 3.8) is 0 Å². The molecule has 108 valence electrons. The van der Waals surface area contributed by atoms with Gasteiger partial charge in [-0.3, -0.25) is 0 Å². The third kappa shape index (κ3) is 2.38. The lowest BCUT2D eigenvalue weighted by atomic mass is 10.1. The van der Waals surface area contributed by atoms with E-state index in [1.807, 2.05) is 27.7 Å². The Balaban J connectivity index is 1.75. The lowest BCUT2D eigenvalue weighted by Crippen LogP contribution is -2.18. The van der Waals surface area contributed by atoms with Crippen molar-refractivity contribution in [3.05, 3.63) is 41.4 Å². The van der Waals surface area contributed by atoms with Crippen molar-refractivity contribution in [2.24, 2.45) is 0 Å². The fourth-order valence-electron chi connectivity index (χ4n) is 2.79. The van der Waals surface area contributed by atoms with Gasteiger partial charge in [-0.1, -0.05) is 0 Å². The molecule has 3 aromatic rings. The maximum absolute atomic E-state index is 5.78. The van der Waals surface area contributed by atoms with Gasteiger partial charge < -0.3 is 4.74 Å². The Bertz CT molecular complexity index is 773. The van der Waals surface area contributed by atoms with E-state index >= 15 is 0 Å². The number of nitrogens with zero attached hydrogens (tertiary/aromatic N) is 4. The quantitative estimate of drug-likeness (QED) is 0.711. The van der Waals surface area contributed by atoms with Gasteiger partial charge in [0.25, 0.3) is 0 Å². The molecule has 0 amide bonds. The highest BCUT2D eigenvalue weighted by Crippen LogP contribution is 2.29. The second-order valence-electron chi connectivity index (χ2n) is 5.26. The summed E-state index contributed by atoms with van der Waals surface area (Å²) in [5, 5.41) is 8.78. The molecule has 5 nitrogen and oxygen atoms in total. The van der Waals surface area contributed by atoms with Gasteiger partial charge in [-0.2, -0.15) is 10.2 Å². The summed E-state index contributed by atoms with van der Waals surface area (Å²) < 4.78 is 10.6. The number of ether oxygens (including phenoxy) is 1. The molecule has 1 saturated heterocycles. The normalized spacial score (nSPS) is 19.2. The Morgan fingerprint density at radius 1 is 1.24 bits per heavy atom. The highest BCUT2D eigenvalue weighted by atomic mass is 79.9. The van der Waals surface area contributed by atoms with Gasteiger partial charge in [0.05, 0.1) is 17.9 Å². The zero-order valence-corrected chi connectivity index (χ0v) is 13.0. The zero-order valence-electron chi connectivity index (χ0n) is 11.4. The molecule has 1 fully saturated rings. The van der Waals surface area contributed by atoms with Crippen LogP contribution in [0.25, 0.3) is 16.6 Å². The van der Waals surface area contributed by atoms with Crippen molar-refractivity contribution in [3.8, 4) is 11.1 Å². The third-order valence-corrected chi connectivity index (χ3v) is 4.27. The van der Waals surface area contributed by atoms with Crippen molar-refractivity contribution in [2.75, 3.05) is 6.61 Å². The highest BCUT2D eigenvalue weighted by molar-refractivity contribution is 9.10. The SMILES string of the molecule is Brc1cc(-c2cnn(C3CCCCO3)c2)c2ccnn2c1. The topological polar surface area (TPSA) is 44.3 Å². The summed E-state index contributed by atoms with van der Waals surface area (Å²) in [6, 6.07) is 4.11. The molecule has 1 aliphatic rings. The van der Waals surface area contributed by atoms with Crippen LogP contribution in [0, 0.1) is 0 Å². The molecule has 3 aromatic heterocycles. The first kappa shape index (κ1) is 13.0. The maximum atomic E-state index is 5.78. The molecule has 0 bridgehead atoms. The molecule has 1 aliphatic heterocycles. The summed E-state index contributed by atoms with van der Waals surface area (Å²) in [6.45, 7) is 0.823. The largest absolute Gasteiger partial charge is 0.357 e. The molecule has 0 aromatic carbocycles. The molecule has 0 N–H and O–H groups in total. The van der Waals surface area contributed by atoms with Crippen molar-refractivity contribution in [1.82, 2.24) is 19.4 Å². The minimum Gasteiger partial charge on any atom is -0.357 e. The van der Waals surface area contributed by atoms with Gasteiger partial charge in [-0.25, -0.2) is 9.20 Å². The molecular formula is C15H15BrN4O. The van der Waals surface area contributed by atoms with E-state index in [1.54, 1.807) is 6.20 Å². The first-order valence-electron chi connectivity index (χ1n) is 7.10. The standard InChI is InChI=1S/C15H15BrN4O/c16-12-7-13(14-4-5-17-19(14)10-12)11-8-18-20(9-11)15-3-1-2-6-21-15/h4-5,7-10,15H,1-3,6H2. The van der Waals surface area contributed by atoms with E-state index in [1.165, 1.54) is 6.42 Å². The van der Waals surface area contributed by atoms with Gasteiger partial charge in [0.1, 0.15) is 6.23 Å². The molecule has 0 saturated carbocycles. The maximum Gasteiger partial charge on any atom is 0.150 e. The molecule has 4 rings (SSSR count). The van der Waals surface area contributed by atoms with Crippen LogP contribution in [-0.2, 0) is 4.74 Å². The number of pyridine rings is 1. The monoisotopic (exact) mass is 346 g/mol. The van der Waals surface area contributed by atoms with Crippen LogP contribution in [0.5, 0.6) is 0 Å². The van der Waals surface area contributed by atoms with E-state index in [0.29, 0.717) is 0 Å². The molecule has 1 unspecified atom stereocenters. The number of aromatic nitrogens is 4. The van der Waals surface area contributed by atoms with Gasteiger partial charge in [0.2, 0.25) is 0 Å². The van der Waals surface area contributed by atoms with Gasteiger partial charge in [0.15, 0.2) is 0 Å². The molecule has 21 heavy (non-hydrogen) atoms. The van der Waals surface area contributed by atoms with E-state index in [-0.39, 0.29) is 6.23 Å². The Labute approximate surface area is 130 Å². The predicted octanol–water partition coefficient (Wildman–Crippen LogP) is 3.66. The summed E-state index contributed by atoms with van der Waals surface area (Å²) in [4.78, 5) is 0. The van der Waals surface area contributed by atoms with Crippen LogP contribution in [0.15, 0.2) is 41.4 Å². The number of fused-ring (bicyclic) bond motifs is 1. The van der Waals surface area contributed by atoms with Crippen molar-refractivity contribution in [2.45, 2.75) is 25.5 Å². The zero-order chi connectivity index (χ0) is 14.2. The first-order valence-corrected chi connectivity index (χ1v) is 7.89. The van der Waals surface area contributed by atoms with Crippen LogP contribution in [-0.4, -0.2) is 26.0 Å². The Kier molecular flexibility index (Phi) is 3.27. The molecule has 0 spiro atoms. The van der Waals surface area contributed by atoms with Crippen LogP contribution in [0.3, 0.4) is 0 Å². The Morgan fingerprint density at radius 2 is 2.19 bits per heavy atom. The molecule has 0 radical (unpaired) electrons. The summed E-state index contributed by atoms with van der Waals surface area (Å²) in [5.74, 6) is 0. The van der Waals surface area contributed by atoms with Crippen LogP contribution >= 0.6 is 15.9 Å². The first-order chi connectivity index (χ1) is 10.3. The van der Waals surface area contributed by atoms with Gasteiger partial charge in [0, 0.05) is 34.6 Å². The van der Waals surface area contributed by atoms with E-state index in [2.05, 4.69) is 38.4 Å². The van der Waals surface area contributed by atoms with E-state index < -0.39 is 0 Å². The molecule has 6 heteroatoms. The van der Waals surface area contributed by atoms with E-state index in [9.17, 15) is 0 Å². The van der Waals surface area contributed by atoms with Crippen molar-refractivity contribution >= 4 is 21.4 Å². The third-order valence-electron chi connectivity index (χ3n) is 3.84. The van der Waals surface area contributed by atoms with Gasteiger partial charge in [-0.05, 0) is 47.3 Å². The minimum absolute atomic E-state index is 0.0700. The van der Waals surface area contributed by atoms with E-state index in [0.717, 1.165) is 40.6 Å². The highest BCUT2D eigenvalue weighted by Gasteiger charge is 2.17. The summed E-state index contributed by atoms with van der Waals surface area (Å²) in [7, 11) is 0. The number of hydrogen-bond donors (Lipinski definition) is 0. The summed E-state index contributed by atoms with van der Waals surface area (Å²) in [5.41, 5.74) is 3.27.